The smallest absolute Gasteiger partial charge is 0.326 e. The van der Waals surface area contributed by atoms with Crippen molar-refractivity contribution in [3.05, 3.63) is 0 Å². The average Bonchev–Trinajstić information content (AvgIpc) is 2.17. The second-order valence-corrected chi connectivity index (χ2v) is 4.36. The van der Waals surface area contributed by atoms with E-state index < -0.39 is 12.0 Å². The van der Waals surface area contributed by atoms with Gasteiger partial charge in [0.25, 0.3) is 0 Å². The molecule has 0 radical (unpaired) electrons. The van der Waals surface area contributed by atoms with Gasteiger partial charge >= 0.3 is 5.97 Å². The number of carbonyl (C=O) groups is 2. The summed E-state index contributed by atoms with van der Waals surface area (Å²) in [5.74, 6) is -0.521. The van der Waals surface area contributed by atoms with Gasteiger partial charge in [-0.2, -0.15) is 12.6 Å². The van der Waals surface area contributed by atoms with E-state index >= 15 is 0 Å². The van der Waals surface area contributed by atoms with Gasteiger partial charge in [0.15, 0.2) is 0 Å². The molecule has 0 aromatic rings. The highest BCUT2D eigenvalue weighted by atomic mass is 32.1. The lowest BCUT2D eigenvalue weighted by Crippen LogP contribution is -2.52. The predicted molar refractivity (Wildman–Crippen MR) is 60.1 cm³/mol. The van der Waals surface area contributed by atoms with Crippen LogP contribution in [-0.4, -0.2) is 39.7 Å². The number of carboxylic acids is 1. The highest BCUT2D eigenvalue weighted by molar-refractivity contribution is 7.80. The second kappa shape index (κ2) is 5.39. The van der Waals surface area contributed by atoms with Crippen LogP contribution < -0.4 is 0 Å². The predicted octanol–water partition coefficient (Wildman–Crippen LogP) is 1.16. The van der Waals surface area contributed by atoms with Crippen LogP contribution in [0.15, 0.2) is 0 Å². The monoisotopic (exact) mass is 231 g/mol. The molecule has 0 unspecified atom stereocenters. The molecular weight excluding hydrogens is 214 g/mol. The molecule has 1 aliphatic rings. The first kappa shape index (κ1) is 12.4. The first-order valence-electron chi connectivity index (χ1n) is 5.22. The van der Waals surface area contributed by atoms with Gasteiger partial charge in [-0.3, -0.25) is 4.79 Å². The Bertz CT molecular complexity index is 257. The zero-order valence-electron chi connectivity index (χ0n) is 8.85. The molecule has 1 aliphatic heterocycles. The number of likely N-dealkylation sites (tertiary alicyclic amines) is 1. The van der Waals surface area contributed by atoms with Gasteiger partial charge in [-0.25, -0.2) is 4.79 Å². The minimum Gasteiger partial charge on any atom is -0.480 e. The van der Waals surface area contributed by atoms with Crippen LogP contribution in [0.25, 0.3) is 0 Å². The molecule has 0 bridgehead atoms. The zero-order valence-corrected chi connectivity index (χ0v) is 9.74. The van der Waals surface area contributed by atoms with Crippen molar-refractivity contribution in [1.29, 1.82) is 0 Å². The van der Waals surface area contributed by atoms with Gasteiger partial charge in [-0.15, -0.1) is 0 Å². The molecule has 0 spiro atoms. The summed E-state index contributed by atoms with van der Waals surface area (Å²) in [7, 11) is 0. The first-order valence-corrected chi connectivity index (χ1v) is 5.86. The minimum atomic E-state index is -0.894. The van der Waals surface area contributed by atoms with Crippen LogP contribution in [0.3, 0.4) is 0 Å². The van der Waals surface area contributed by atoms with Gasteiger partial charge in [-0.05, 0) is 31.9 Å². The third-order valence-electron chi connectivity index (χ3n) is 2.81. The van der Waals surface area contributed by atoms with E-state index in [0.29, 0.717) is 18.6 Å². The number of piperidine rings is 1. The van der Waals surface area contributed by atoms with Crippen LogP contribution in [0.5, 0.6) is 0 Å². The van der Waals surface area contributed by atoms with Crippen molar-refractivity contribution in [3.8, 4) is 0 Å². The molecule has 86 valence electrons. The lowest BCUT2D eigenvalue weighted by molar-refractivity contribution is -0.154. The Hall–Kier alpha value is -0.710. The molecule has 0 aliphatic carbocycles. The van der Waals surface area contributed by atoms with E-state index in [9.17, 15) is 9.59 Å². The summed E-state index contributed by atoms with van der Waals surface area (Å²) < 4.78 is 0. The minimum absolute atomic E-state index is 0.0345. The molecule has 1 rings (SSSR count). The maximum Gasteiger partial charge on any atom is 0.326 e. The van der Waals surface area contributed by atoms with Crippen LogP contribution in [-0.2, 0) is 9.59 Å². The van der Waals surface area contributed by atoms with E-state index in [1.807, 2.05) is 6.92 Å². The molecule has 1 heterocycles. The number of carbonyl (C=O) groups excluding carboxylic acids is 1. The van der Waals surface area contributed by atoms with Crippen molar-refractivity contribution in [3.63, 3.8) is 0 Å². The number of hydrogen-bond acceptors (Lipinski definition) is 3. The number of carboxylic acid groups (broad SMARTS) is 1. The summed E-state index contributed by atoms with van der Waals surface area (Å²) in [6, 6.07) is -0.603. The van der Waals surface area contributed by atoms with Crippen LogP contribution >= 0.6 is 12.6 Å². The molecule has 4 nitrogen and oxygen atoms in total. The lowest BCUT2D eigenvalue weighted by Gasteiger charge is -2.38. The summed E-state index contributed by atoms with van der Waals surface area (Å²) in [4.78, 5) is 24.3. The van der Waals surface area contributed by atoms with Crippen LogP contribution in [0.2, 0.25) is 0 Å². The molecule has 0 aromatic carbocycles. The Balaban J connectivity index is 2.76. The number of rotatable bonds is 3. The highest BCUT2D eigenvalue weighted by Crippen LogP contribution is 2.23. The Morgan fingerprint density at radius 2 is 2.13 bits per heavy atom. The maximum absolute atomic E-state index is 11.7. The Morgan fingerprint density at radius 3 is 2.67 bits per heavy atom. The molecule has 1 N–H and O–H groups in total. The molecule has 1 amide bonds. The molecule has 2 atom stereocenters. The largest absolute Gasteiger partial charge is 0.480 e. The molecule has 5 heteroatoms. The number of thiol groups is 1. The van der Waals surface area contributed by atoms with Gasteiger partial charge < -0.3 is 10.0 Å². The molecule has 15 heavy (non-hydrogen) atoms. The van der Waals surface area contributed by atoms with Crippen LogP contribution in [0, 0.1) is 0 Å². The fourth-order valence-corrected chi connectivity index (χ4v) is 2.27. The van der Waals surface area contributed by atoms with Crippen molar-refractivity contribution in [2.45, 2.75) is 44.7 Å². The summed E-state index contributed by atoms with van der Waals surface area (Å²) >= 11 is 4.00. The first-order chi connectivity index (χ1) is 7.07. The number of aliphatic carboxylic acids is 1. The Labute approximate surface area is 95.1 Å². The van der Waals surface area contributed by atoms with E-state index in [-0.39, 0.29) is 11.9 Å². The van der Waals surface area contributed by atoms with Crippen LogP contribution in [0.4, 0.5) is 0 Å². The fraction of sp³-hybridized carbons (Fsp3) is 0.800. The number of nitrogens with zero attached hydrogens (tertiary/aromatic N) is 1. The molecular formula is C10H17NO3S. The quantitative estimate of drug-likeness (QED) is 0.717. The van der Waals surface area contributed by atoms with Crippen molar-refractivity contribution < 1.29 is 14.7 Å². The van der Waals surface area contributed by atoms with Crippen LogP contribution in [0.1, 0.15) is 32.6 Å². The fourth-order valence-electron chi connectivity index (χ4n) is 2.08. The third-order valence-corrected chi connectivity index (χ3v) is 3.03. The SMILES string of the molecule is C[C@@H]1CCC[C@@H](C(=O)O)N1C(=O)CCS. The van der Waals surface area contributed by atoms with Gasteiger partial charge in [0, 0.05) is 12.5 Å². The second-order valence-electron chi connectivity index (χ2n) is 3.91. The molecule has 1 saturated heterocycles. The highest BCUT2D eigenvalue weighted by Gasteiger charge is 2.35. The van der Waals surface area contributed by atoms with Gasteiger partial charge in [0.2, 0.25) is 5.91 Å². The molecule has 0 saturated carbocycles. The molecule has 0 aromatic heterocycles. The zero-order chi connectivity index (χ0) is 11.4. The average molecular weight is 231 g/mol. The van der Waals surface area contributed by atoms with E-state index in [1.165, 1.54) is 4.90 Å². The van der Waals surface area contributed by atoms with Gasteiger partial charge in [-0.1, -0.05) is 0 Å². The van der Waals surface area contributed by atoms with E-state index in [1.54, 1.807) is 0 Å². The van der Waals surface area contributed by atoms with Crippen molar-refractivity contribution in [2.24, 2.45) is 0 Å². The Kier molecular flexibility index (Phi) is 4.45. The van der Waals surface area contributed by atoms with E-state index in [4.69, 9.17) is 5.11 Å². The summed E-state index contributed by atoms with van der Waals surface area (Å²) in [6.45, 7) is 1.91. The number of hydrogen-bond donors (Lipinski definition) is 2. The normalized spacial score (nSPS) is 26.4. The topological polar surface area (TPSA) is 57.6 Å². The summed E-state index contributed by atoms with van der Waals surface area (Å²) in [5, 5.41) is 9.03. The van der Waals surface area contributed by atoms with Gasteiger partial charge in [0.1, 0.15) is 6.04 Å². The summed E-state index contributed by atoms with van der Waals surface area (Å²) in [5.41, 5.74) is 0. The Morgan fingerprint density at radius 1 is 1.47 bits per heavy atom. The lowest BCUT2D eigenvalue weighted by atomic mass is 9.96. The molecule has 1 fully saturated rings. The van der Waals surface area contributed by atoms with Crippen molar-refractivity contribution >= 4 is 24.5 Å². The summed E-state index contributed by atoms with van der Waals surface area (Å²) in [6.07, 6.45) is 2.65. The number of amides is 1. The van der Waals surface area contributed by atoms with Crippen molar-refractivity contribution in [2.75, 3.05) is 5.75 Å². The van der Waals surface area contributed by atoms with Gasteiger partial charge in [0.05, 0.1) is 0 Å². The van der Waals surface area contributed by atoms with E-state index in [0.717, 1.165) is 12.8 Å². The third kappa shape index (κ3) is 2.87. The maximum atomic E-state index is 11.7. The van der Waals surface area contributed by atoms with Crippen molar-refractivity contribution in [1.82, 2.24) is 4.90 Å². The standard InChI is InChI=1S/C10H17NO3S/c1-7-3-2-4-8(10(13)14)11(7)9(12)5-6-15/h7-8,15H,2-6H2,1H3,(H,13,14)/t7-,8+/m1/s1. The van der Waals surface area contributed by atoms with E-state index in [2.05, 4.69) is 12.6 Å².